The van der Waals surface area contributed by atoms with Gasteiger partial charge in [0.2, 0.25) is 0 Å². The van der Waals surface area contributed by atoms with Gasteiger partial charge in [0.25, 0.3) is 5.91 Å². The third-order valence-electron chi connectivity index (χ3n) is 6.60. The van der Waals surface area contributed by atoms with Gasteiger partial charge in [0.15, 0.2) is 0 Å². The molecule has 2 aliphatic rings. The molecule has 0 aliphatic carbocycles. The van der Waals surface area contributed by atoms with Crippen LogP contribution in [-0.4, -0.2) is 43.0 Å². The number of hydrogen-bond donors (Lipinski definition) is 2. The standard InChI is InChI=1S/C28H30N4O2/c33-27(23-7-5-8-25(18-23)32-17-14-29-28(32)34)30-19-24-6-1-2-9-26(24)22-12-10-21(11-13-22)20-31-15-3-4-16-31/h1-2,5-13,18H,3-4,14-17,19-20H2,(H,29,34)(H,30,33). The van der Waals surface area contributed by atoms with E-state index in [0.29, 0.717) is 25.2 Å². The molecule has 2 saturated heterocycles. The number of carbonyl (C=O) groups is 2. The molecule has 174 valence electrons. The number of urea groups is 1. The minimum Gasteiger partial charge on any atom is -0.348 e. The Morgan fingerprint density at radius 2 is 1.71 bits per heavy atom. The van der Waals surface area contributed by atoms with Crippen LogP contribution >= 0.6 is 0 Å². The van der Waals surface area contributed by atoms with Crippen LogP contribution < -0.4 is 15.5 Å². The van der Waals surface area contributed by atoms with Gasteiger partial charge in [0, 0.05) is 37.4 Å². The van der Waals surface area contributed by atoms with Crippen LogP contribution in [-0.2, 0) is 13.1 Å². The molecule has 0 saturated carbocycles. The maximum atomic E-state index is 12.9. The van der Waals surface area contributed by atoms with E-state index in [4.69, 9.17) is 0 Å². The first-order chi connectivity index (χ1) is 16.7. The summed E-state index contributed by atoms with van der Waals surface area (Å²) in [7, 11) is 0. The number of anilines is 1. The van der Waals surface area contributed by atoms with Gasteiger partial charge in [-0.1, -0.05) is 54.6 Å². The van der Waals surface area contributed by atoms with Gasteiger partial charge in [-0.25, -0.2) is 4.79 Å². The van der Waals surface area contributed by atoms with Crippen LogP contribution in [0.1, 0.15) is 34.3 Å². The number of rotatable bonds is 7. The third kappa shape index (κ3) is 4.97. The molecule has 0 unspecified atom stereocenters. The predicted octanol–water partition coefficient (Wildman–Crippen LogP) is 4.41. The first kappa shape index (κ1) is 22.2. The Kier molecular flexibility index (Phi) is 6.58. The SMILES string of the molecule is O=C(NCc1ccccc1-c1ccc(CN2CCCC2)cc1)c1cccc(N2CCNC2=O)c1. The van der Waals surface area contributed by atoms with Crippen molar-refractivity contribution in [1.82, 2.24) is 15.5 Å². The number of benzene rings is 3. The molecule has 2 heterocycles. The molecule has 0 spiro atoms. The summed E-state index contributed by atoms with van der Waals surface area (Å²) >= 11 is 0. The van der Waals surface area contributed by atoms with Gasteiger partial charge in [-0.15, -0.1) is 0 Å². The minimum absolute atomic E-state index is 0.127. The lowest BCUT2D eigenvalue weighted by Gasteiger charge is -2.16. The Bertz CT molecular complexity index is 1170. The molecule has 5 rings (SSSR count). The van der Waals surface area contributed by atoms with E-state index < -0.39 is 0 Å². The molecule has 3 aromatic carbocycles. The van der Waals surface area contributed by atoms with Crippen molar-refractivity contribution < 1.29 is 9.59 Å². The number of nitrogens with zero attached hydrogens (tertiary/aromatic N) is 2. The van der Waals surface area contributed by atoms with Crippen molar-refractivity contribution >= 4 is 17.6 Å². The maximum absolute atomic E-state index is 12.9. The summed E-state index contributed by atoms with van der Waals surface area (Å²) in [5.74, 6) is -0.155. The molecule has 6 heteroatoms. The smallest absolute Gasteiger partial charge is 0.321 e. The highest BCUT2D eigenvalue weighted by molar-refractivity contribution is 5.98. The Hall–Kier alpha value is -3.64. The van der Waals surface area contributed by atoms with Crippen LogP contribution in [0.25, 0.3) is 11.1 Å². The van der Waals surface area contributed by atoms with E-state index in [1.807, 2.05) is 24.3 Å². The zero-order chi connectivity index (χ0) is 23.3. The summed E-state index contributed by atoms with van der Waals surface area (Å²) in [6, 6.07) is 24.0. The van der Waals surface area contributed by atoms with Gasteiger partial charge in [-0.05, 0) is 66.4 Å². The van der Waals surface area contributed by atoms with Crippen molar-refractivity contribution in [1.29, 1.82) is 0 Å². The molecule has 3 amide bonds. The van der Waals surface area contributed by atoms with E-state index in [1.165, 1.54) is 31.5 Å². The second-order valence-electron chi connectivity index (χ2n) is 8.95. The summed E-state index contributed by atoms with van der Waals surface area (Å²) in [4.78, 5) is 29.0. The molecule has 0 radical (unpaired) electrons. The van der Waals surface area contributed by atoms with Gasteiger partial charge in [0.05, 0.1) is 0 Å². The highest BCUT2D eigenvalue weighted by Gasteiger charge is 2.22. The van der Waals surface area contributed by atoms with Crippen molar-refractivity contribution in [3.05, 3.63) is 89.5 Å². The fourth-order valence-corrected chi connectivity index (χ4v) is 4.76. The molecule has 0 atom stereocenters. The molecule has 6 nitrogen and oxygen atoms in total. The summed E-state index contributed by atoms with van der Waals surface area (Å²) in [5, 5.41) is 5.84. The third-order valence-corrected chi connectivity index (χ3v) is 6.60. The molecule has 2 N–H and O–H groups in total. The lowest BCUT2D eigenvalue weighted by molar-refractivity contribution is 0.0951. The van der Waals surface area contributed by atoms with E-state index in [-0.39, 0.29) is 11.9 Å². The zero-order valence-electron chi connectivity index (χ0n) is 19.3. The maximum Gasteiger partial charge on any atom is 0.321 e. The number of amides is 3. The zero-order valence-corrected chi connectivity index (χ0v) is 19.3. The van der Waals surface area contributed by atoms with Gasteiger partial charge in [-0.2, -0.15) is 0 Å². The molecule has 34 heavy (non-hydrogen) atoms. The summed E-state index contributed by atoms with van der Waals surface area (Å²) in [5.41, 5.74) is 5.95. The Labute approximate surface area is 200 Å². The number of likely N-dealkylation sites (tertiary alicyclic amines) is 1. The molecule has 2 aliphatic heterocycles. The van der Waals surface area contributed by atoms with Crippen molar-refractivity contribution in [2.45, 2.75) is 25.9 Å². The number of hydrogen-bond acceptors (Lipinski definition) is 3. The molecular weight excluding hydrogens is 424 g/mol. The van der Waals surface area contributed by atoms with Crippen LogP contribution in [0.2, 0.25) is 0 Å². The van der Waals surface area contributed by atoms with Gasteiger partial charge in [-0.3, -0.25) is 14.6 Å². The lowest BCUT2D eigenvalue weighted by Crippen LogP contribution is -2.28. The normalized spacial score (nSPS) is 16.0. The summed E-state index contributed by atoms with van der Waals surface area (Å²) in [6.07, 6.45) is 2.60. The quantitative estimate of drug-likeness (QED) is 0.556. The first-order valence-corrected chi connectivity index (χ1v) is 12.0. The summed E-state index contributed by atoms with van der Waals surface area (Å²) in [6.45, 7) is 5.05. The predicted molar refractivity (Wildman–Crippen MR) is 135 cm³/mol. The monoisotopic (exact) mass is 454 g/mol. The topological polar surface area (TPSA) is 64.7 Å². The average Bonchev–Trinajstić information content (AvgIpc) is 3.55. The lowest BCUT2D eigenvalue weighted by atomic mass is 9.98. The largest absolute Gasteiger partial charge is 0.348 e. The Balaban J connectivity index is 1.26. The van der Waals surface area contributed by atoms with Crippen LogP contribution in [0.3, 0.4) is 0 Å². The minimum atomic E-state index is -0.155. The Morgan fingerprint density at radius 3 is 2.47 bits per heavy atom. The number of nitrogens with one attached hydrogen (secondary N) is 2. The first-order valence-electron chi connectivity index (χ1n) is 12.0. The fraction of sp³-hybridized carbons (Fsp3) is 0.286. The van der Waals surface area contributed by atoms with Crippen molar-refractivity contribution in [3.8, 4) is 11.1 Å². The van der Waals surface area contributed by atoms with Gasteiger partial charge in [0.1, 0.15) is 0 Å². The van der Waals surface area contributed by atoms with Crippen LogP contribution in [0.5, 0.6) is 0 Å². The van der Waals surface area contributed by atoms with E-state index in [9.17, 15) is 9.59 Å². The molecular formula is C28H30N4O2. The van der Waals surface area contributed by atoms with Crippen LogP contribution in [0.15, 0.2) is 72.8 Å². The van der Waals surface area contributed by atoms with Crippen molar-refractivity contribution in [2.24, 2.45) is 0 Å². The van der Waals surface area contributed by atoms with E-state index in [2.05, 4.69) is 51.9 Å². The molecule has 3 aromatic rings. The second kappa shape index (κ2) is 10.1. The van der Waals surface area contributed by atoms with E-state index in [1.54, 1.807) is 17.0 Å². The molecule has 0 aromatic heterocycles. The van der Waals surface area contributed by atoms with Crippen molar-refractivity contribution in [2.75, 3.05) is 31.1 Å². The van der Waals surface area contributed by atoms with Crippen LogP contribution in [0.4, 0.5) is 10.5 Å². The van der Waals surface area contributed by atoms with Gasteiger partial charge >= 0.3 is 6.03 Å². The molecule has 0 bridgehead atoms. The van der Waals surface area contributed by atoms with Gasteiger partial charge < -0.3 is 10.6 Å². The highest BCUT2D eigenvalue weighted by atomic mass is 16.2. The molecule has 2 fully saturated rings. The average molecular weight is 455 g/mol. The number of carbonyl (C=O) groups excluding carboxylic acids is 2. The van der Waals surface area contributed by atoms with E-state index in [0.717, 1.165) is 28.9 Å². The fourth-order valence-electron chi connectivity index (χ4n) is 4.76. The van der Waals surface area contributed by atoms with Crippen LogP contribution in [0, 0.1) is 0 Å². The highest BCUT2D eigenvalue weighted by Crippen LogP contribution is 2.25. The second-order valence-corrected chi connectivity index (χ2v) is 8.95. The summed E-state index contributed by atoms with van der Waals surface area (Å²) < 4.78 is 0. The van der Waals surface area contributed by atoms with E-state index >= 15 is 0 Å². The van der Waals surface area contributed by atoms with Crippen molar-refractivity contribution in [3.63, 3.8) is 0 Å². The Morgan fingerprint density at radius 1 is 0.912 bits per heavy atom.